The summed E-state index contributed by atoms with van der Waals surface area (Å²) in [5, 5.41) is 13.3. The Morgan fingerprint density at radius 3 is 2.75 bits per heavy atom. The van der Waals surface area contributed by atoms with Gasteiger partial charge in [-0.2, -0.15) is 17.0 Å². The lowest BCUT2D eigenvalue weighted by Crippen LogP contribution is -2.40. The normalized spacial score (nSPS) is 13.7. The molecule has 1 atom stereocenters. The van der Waals surface area contributed by atoms with E-state index in [0.29, 0.717) is 0 Å². The van der Waals surface area contributed by atoms with Crippen molar-refractivity contribution in [2.45, 2.75) is 44.4 Å². The summed E-state index contributed by atoms with van der Waals surface area (Å²) in [7, 11) is 0. The Morgan fingerprint density at radius 2 is 2.10 bits per heavy atom. The molecule has 110 valence electrons. The molecule has 1 N–H and O–H groups in total. The van der Waals surface area contributed by atoms with E-state index in [2.05, 4.69) is 17.5 Å². The fourth-order valence-corrected chi connectivity index (χ4v) is 3.36. The molecule has 1 rings (SSSR count). The van der Waals surface area contributed by atoms with Crippen molar-refractivity contribution in [1.29, 1.82) is 5.26 Å². The van der Waals surface area contributed by atoms with Gasteiger partial charge >= 0.3 is 0 Å². The molecule has 0 aliphatic heterocycles. The molecule has 0 amide bonds. The number of unbranched alkanes of at least 4 members (excludes halogenated alkanes) is 1. The van der Waals surface area contributed by atoms with Gasteiger partial charge in [0.15, 0.2) is 0 Å². The SMILES string of the molecule is CCNC(C)(C#N)CCCCSCc1ccccc1Cl. The molecule has 0 saturated heterocycles. The number of hydrogen-bond donors (Lipinski definition) is 1. The van der Waals surface area contributed by atoms with E-state index in [1.807, 2.05) is 43.8 Å². The Kier molecular flexibility index (Phi) is 8.06. The van der Waals surface area contributed by atoms with Crippen LogP contribution in [-0.4, -0.2) is 17.8 Å². The Bertz CT molecular complexity index is 444. The number of nitriles is 1. The van der Waals surface area contributed by atoms with Gasteiger partial charge in [0, 0.05) is 10.8 Å². The molecule has 0 aromatic heterocycles. The number of hydrogen-bond acceptors (Lipinski definition) is 3. The zero-order valence-corrected chi connectivity index (χ0v) is 13.9. The van der Waals surface area contributed by atoms with E-state index in [0.717, 1.165) is 42.3 Å². The average Bonchev–Trinajstić information content (AvgIpc) is 2.45. The second-order valence-electron chi connectivity index (χ2n) is 5.08. The maximum Gasteiger partial charge on any atom is 0.103 e. The Hall–Kier alpha value is -0.690. The number of rotatable bonds is 9. The van der Waals surface area contributed by atoms with Gasteiger partial charge in [0.05, 0.1) is 6.07 Å². The summed E-state index contributed by atoms with van der Waals surface area (Å²) in [6.07, 6.45) is 3.12. The molecular formula is C16H23ClN2S. The summed E-state index contributed by atoms with van der Waals surface area (Å²) in [6.45, 7) is 4.85. The zero-order valence-electron chi connectivity index (χ0n) is 12.3. The zero-order chi connectivity index (χ0) is 14.8. The molecule has 4 heteroatoms. The van der Waals surface area contributed by atoms with Gasteiger partial charge in [0.2, 0.25) is 0 Å². The molecule has 0 radical (unpaired) electrons. The van der Waals surface area contributed by atoms with E-state index in [9.17, 15) is 0 Å². The molecule has 1 unspecified atom stereocenters. The summed E-state index contributed by atoms with van der Waals surface area (Å²) in [4.78, 5) is 0. The molecule has 0 aliphatic rings. The van der Waals surface area contributed by atoms with E-state index in [4.69, 9.17) is 16.9 Å². The van der Waals surface area contributed by atoms with Crippen molar-refractivity contribution in [2.24, 2.45) is 0 Å². The fraction of sp³-hybridized carbons (Fsp3) is 0.562. The molecule has 20 heavy (non-hydrogen) atoms. The highest BCUT2D eigenvalue weighted by molar-refractivity contribution is 7.98. The van der Waals surface area contributed by atoms with Gasteiger partial charge in [-0.25, -0.2) is 0 Å². The number of thioether (sulfide) groups is 1. The topological polar surface area (TPSA) is 35.8 Å². The highest BCUT2D eigenvalue weighted by atomic mass is 35.5. The first-order valence-corrected chi connectivity index (χ1v) is 8.62. The second kappa shape index (κ2) is 9.28. The Morgan fingerprint density at radius 1 is 1.35 bits per heavy atom. The van der Waals surface area contributed by atoms with Gasteiger partial charge in [0.1, 0.15) is 5.54 Å². The van der Waals surface area contributed by atoms with Crippen LogP contribution in [0, 0.1) is 11.3 Å². The summed E-state index contributed by atoms with van der Waals surface area (Å²) in [5.41, 5.74) is 0.830. The molecule has 0 fully saturated rings. The van der Waals surface area contributed by atoms with Gasteiger partial charge < -0.3 is 0 Å². The summed E-state index contributed by atoms with van der Waals surface area (Å²) >= 11 is 8.02. The van der Waals surface area contributed by atoms with Crippen molar-refractivity contribution in [3.05, 3.63) is 34.9 Å². The fourth-order valence-electron chi connectivity index (χ4n) is 2.05. The average molecular weight is 311 g/mol. The van der Waals surface area contributed by atoms with Crippen LogP contribution in [0.2, 0.25) is 5.02 Å². The molecule has 0 heterocycles. The van der Waals surface area contributed by atoms with Crippen LogP contribution in [0.15, 0.2) is 24.3 Å². The maximum absolute atomic E-state index is 9.17. The molecule has 1 aromatic carbocycles. The van der Waals surface area contributed by atoms with Crippen molar-refractivity contribution in [2.75, 3.05) is 12.3 Å². The van der Waals surface area contributed by atoms with E-state index < -0.39 is 0 Å². The van der Waals surface area contributed by atoms with Gasteiger partial charge in [0.25, 0.3) is 0 Å². The quantitative estimate of drug-likeness (QED) is 0.675. The maximum atomic E-state index is 9.17. The Labute approximate surface area is 131 Å². The molecule has 0 bridgehead atoms. The van der Waals surface area contributed by atoms with Crippen LogP contribution in [-0.2, 0) is 5.75 Å². The van der Waals surface area contributed by atoms with Crippen LogP contribution in [0.1, 0.15) is 38.7 Å². The van der Waals surface area contributed by atoms with Crippen molar-refractivity contribution >= 4 is 23.4 Å². The first kappa shape index (κ1) is 17.4. The van der Waals surface area contributed by atoms with E-state index in [-0.39, 0.29) is 5.54 Å². The number of halogens is 1. The van der Waals surface area contributed by atoms with Crippen molar-refractivity contribution in [3.63, 3.8) is 0 Å². The van der Waals surface area contributed by atoms with Crippen molar-refractivity contribution in [3.8, 4) is 6.07 Å². The van der Waals surface area contributed by atoms with E-state index >= 15 is 0 Å². The molecular weight excluding hydrogens is 288 g/mol. The first-order chi connectivity index (χ1) is 9.61. The molecule has 0 spiro atoms. The largest absolute Gasteiger partial charge is 0.300 e. The minimum absolute atomic E-state index is 0.373. The minimum Gasteiger partial charge on any atom is -0.300 e. The molecule has 0 saturated carbocycles. The third-order valence-electron chi connectivity index (χ3n) is 3.24. The second-order valence-corrected chi connectivity index (χ2v) is 6.59. The van der Waals surface area contributed by atoms with Gasteiger partial charge in [-0.15, -0.1) is 0 Å². The smallest absolute Gasteiger partial charge is 0.103 e. The van der Waals surface area contributed by atoms with Crippen LogP contribution in [0.25, 0.3) is 0 Å². The lowest BCUT2D eigenvalue weighted by molar-refractivity contribution is 0.415. The number of nitrogens with zero attached hydrogens (tertiary/aromatic N) is 1. The minimum atomic E-state index is -0.373. The highest BCUT2D eigenvalue weighted by Gasteiger charge is 2.20. The van der Waals surface area contributed by atoms with E-state index in [1.165, 1.54) is 5.56 Å². The van der Waals surface area contributed by atoms with Gasteiger partial charge in [-0.1, -0.05) is 36.7 Å². The van der Waals surface area contributed by atoms with Crippen LogP contribution in [0.4, 0.5) is 0 Å². The van der Waals surface area contributed by atoms with E-state index in [1.54, 1.807) is 0 Å². The summed E-state index contributed by atoms with van der Waals surface area (Å²) < 4.78 is 0. The third kappa shape index (κ3) is 6.17. The van der Waals surface area contributed by atoms with Crippen molar-refractivity contribution < 1.29 is 0 Å². The number of nitrogens with one attached hydrogen (secondary N) is 1. The number of benzene rings is 1. The molecule has 2 nitrogen and oxygen atoms in total. The molecule has 1 aromatic rings. The first-order valence-electron chi connectivity index (χ1n) is 7.09. The monoisotopic (exact) mass is 310 g/mol. The lowest BCUT2D eigenvalue weighted by atomic mass is 9.97. The molecule has 0 aliphatic carbocycles. The van der Waals surface area contributed by atoms with Crippen LogP contribution in [0.3, 0.4) is 0 Å². The van der Waals surface area contributed by atoms with Gasteiger partial charge in [-0.3, -0.25) is 5.32 Å². The standard InChI is InChI=1S/C16H23ClN2S/c1-3-19-16(2,13-18)10-6-7-11-20-12-14-8-4-5-9-15(14)17/h4-5,8-9,19H,3,6-7,10-12H2,1-2H3. The Balaban J connectivity index is 2.17. The summed E-state index contributed by atoms with van der Waals surface area (Å²) in [6, 6.07) is 10.4. The van der Waals surface area contributed by atoms with Crippen LogP contribution >= 0.6 is 23.4 Å². The van der Waals surface area contributed by atoms with Crippen molar-refractivity contribution in [1.82, 2.24) is 5.32 Å². The van der Waals surface area contributed by atoms with Crippen LogP contribution < -0.4 is 5.32 Å². The predicted octanol–water partition coefficient (Wildman–Crippen LogP) is 4.64. The van der Waals surface area contributed by atoms with Gasteiger partial charge in [-0.05, 0) is 50.1 Å². The van der Waals surface area contributed by atoms with Crippen LogP contribution in [0.5, 0.6) is 0 Å². The predicted molar refractivity (Wildman–Crippen MR) is 89.2 cm³/mol. The highest BCUT2D eigenvalue weighted by Crippen LogP contribution is 2.22. The summed E-state index contributed by atoms with van der Waals surface area (Å²) in [5.74, 6) is 2.07. The lowest BCUT2D eigenvalue weighted by Gasteiger charge is -2.22. The third-order valence-corrected chi connectivity index (χ3v) is 4.71.